The van der Waals surface area contributed by atoms with Gasteiger partial charge in [-0.05, 0) is 13.0 Å². The molecule has 0 bridgehead atoms. The highest BCUT2D eigenvalue weighted by molar-refractivity contribution is 5.84. The monoisotopic (exact) mass is 310 g/mol. The van der Waals surface area contributed by atoms with E-state index in [1.165, 1.54) is 0 Å². The SMILES string of the molecule is O=C(O)CC1CN(C(=O)C2(C(F)(F)F)CCNC2)CCO1. The summed E-state index contributed by atoms with van der Waals surface area (Å²) in [5.74, 6) is -2.10. The van der Waals surface area contributed by atoms with Gasteiger partial charge in [0.1, 0.15) is 0 Å². The number of rotatable bonds is 3. The molecule has 2 heterocycles. The summed E-state index contributed by atoms with van der Waals surface area (Å²) in [4.78, 5) is 24.1. The van der Waals surface area contributed by atoms with E-state index in [0.29, 0.717) is 0 Å². The standard InChI is InChI=1S/C12H17F3N2O4/c13-12(14,15)11(1-2-16-7-11)10(20)17-3-4-21-8(6-17)5-9(18)19/h8,16H,1-7H2,(H,18,19). The van der Waals surface area contributed by atoms with Crippen molar-refractivity contribution in [1.29, 1.82) is 0 Å². The number of ether oxygens (including phenoxy) is 1. The molecule has 0 spiro atoms. The average molecular weight is 310 g/mol. The number of hydrogen-bond donors (Lipinski definition) is 2. The van der Waals surface area contributed by atoms with Crippen LogP contribution in [0.25, 0.3) is 0 Å². The zero-order valence-electron chi connectivity index (χ0n) is 11.3. The summed E-state index contributed by atoms with van der Waals surface area (Å²) in [5, 5.41) is 11.3. The van der Waals surface area contributed by atoms with Crippen LogP contribution < -0.4 is 5.32 Å². The Kier molecular flexibility index (Phi) is 4.43. The number of alkyl halides is 3. The predicted octanol–water partition coefficient (Wildman–Crippen LogP) is 0.230. The molecule has 2 fully saturated rings. The van der Waals surface area contributed by atoms with E-state index in [-0.39, 0.29) is 39.1 Å². The van der Waals surface area contributed by atoms with Crippen LogP contribution in [0.3, 0.4) is 0 Å². The van der Waals surface area contributed by atoms with Crippen LogP contribution in [0.5, 0.6) is 0 Å². The van der Waals surface area contributed by atoms with E-state index < -0.39 is 36.1 Å². The molecule has 0 aliphatic carbocycles. The lowest BCUT2D eigenvalue weighted by Crippen LogP contribution is -2.57. The van der Waals surface area contributed by atoms with Crippen molar-refractivity contribution in [2.45, 2.75) is 25.1 Å². The van der Waals surface area contributed by atoms with E-state index in [1.54, 1.807) is 0 Å². The highest BCUT2D eigenvalue weighted by Gasteiger charge is 2.62. The first-order valence-corrected chi connectivity index (χ1v) is 6.66. The Hall–Kier alpha value is -1.35. The van der Waals surface area contributed by atoms with E-state index in [2.05, 4.69) is 5.32 Å². The molecule has 2 N–H and O–H groups in total. The third-order valence-corrected chi connectivity index (χ3v) is 3.94. The first-order valence-electron chi connectivity index (χ1n) is 6.66. The van der Waals surface area contributed by atoms with E-state index in [4.69, 9.17) is 9.84 Å². The van der Waals surface area contributed by atoms with Crippen LogP contribution in [0.2, 0.25) is 0 Å². The summed E-state index contributed by atoms with van der Waals surface area (Å²) >= 11 is 0. The Balaban J connectivity index is 2.12. The molecule has 2 aliphatic heterocycles. The summed E-state index contributed by atoms with van der Waals surface area (Å²) in [6.45, 7) is -0.328. The van der Waals surface area contributed by atoms with E-state index >= 15 is 0 Å². The van der Waals surface area contributed by atoms with Crippen molar-refractivity contribution in [2.75, 3.05) is 32.8 Å². The molecule has 1 amide bonds. The minimum absolute atomic E-state index is 0.0467. The second kappa shape index (κ2) is 5.80. The Morgan fingerprint density at radius 1 is 1.43 bits per heavy atom. The fourth-order valence-corrected chi connectivity index (χ4v) is 2.76. The minimum Gasteiger partial charge on any atom is -0.481 e. The van der Waals surface area contributed by atoms with Crippen LogP contribution in [0.4, 0.5) is 13.2 Å². The van der Waals surface area contributed by atoms with Gasteiger partial charge in [-0.2, -0.15) is 13.2 Å². The van der Waals surface area contributed by atoms with Crippen LogP contribution in [0, 0.1) is 5.41 Å². The third-order valence-electron chi connectivity index (χ3n) is 3.94. The number of amides is 1. The van der Waals surface area contributed by atoms with E-state index in [9.17, 15) is 22.8 Å². The number of nitrogens with one attached hydrogen (secondary N) is 1. The third kappa shape index (κ3) is 3.13. The topological polar surface area (TPSA) is 78.9 Å². The van der Waals surface area contributed by atoms with Gasteiger partial charge in [0.2, 0.25) is 5.91 Å². The molecule has 0 aromatic heterocycles. The normalized spacial score (nSPS) is 30.4. The molecular weight excluding hydrogens is 293 g/mol. The summed E-state index contributed by atoms with van der Waals surface area (Å²) in [6.07, 6.45) is -6.02. The lowest BCUT2D eigenvalue weighted by molar-refractivity contribution is -0.224. The van der Waals surface area contributed by atoms with Gasteiger partial charge in [0.15, 0.2) is 5.41 Å². The van der Waals surface area contributed by atoms with Gasteiger partial charge in [-0.15, -0.1) is 0 Å². The van der Waals surface area contributed by atoms with Gasteiger partial charge in [0, 0.05) is 19.6 Å². The molecule has 2 rings (SSSR count). The van der Waals surface area contributed by atoms with E-state index in [0.717, 1.165) is 4.90 Å². The van der Waals surface area contributed by atoms with Crippen LogP contribution >= 0.6 is 0 Å². The Morgan fingerprint density at radius 2 is 2.14 bits per heavy atom. The zero-order valence-corrected chi connectivity index (χ0v) is 11.3. The molecule has 2 aliphatic rings. The lowest BCUT2D eigenvalue weighted by Gasteiger charge is -2.39. The fourth-order valence-electron chi connectivity index (χ4n) is 2.76. The molecule has 0 aromatic rings. The first-order chi connectivity index (χ1) is 9.76. The summed E-state index contributed by atoms with van der Waals surface area (Å²) in [7, 11) is 0. The van der Waals surface area contributed by atoms with Gasteiger partial charge in [-0.3, -0.25) is 9.59 Å². The average Bonchev–Trinajstić information content (AvgIpc) is 2.87. The zero-order chi connectivity index (χ0) is 15.7. The summed E-state index contributed by atoms with van der Waals surface area (Å²) in [5.41, 5.74) is -2.40. The van der Waals surface area contributed by atoms with Crippen LogP contribution in [-0.2, 0) is 14.3 Å². The number of halogens is 3. The van der Waals surface area contributed by atoms with Crippen molar-refractivity contribution < 1.29 is 32.6 Å². The van der Waals surface area contributed by atoms with Crippen molar-refractivity contribution in [2.24, 2.45) is 5.41 Å². The lowest BCUT2D eigenvalue weighted by atomic mass is 9.84. The number of carboxylic acid groups (broad SMARTS) is 1. The molecule has 0 radical (unpaired) electrons. The molecule has 0 aromatic carbocycles. The van der Waals surface area contributed by atoms with Crippen molar-refractivity contribution in [3.8, 4) is 0 Å². The Bertz CT molecular complexity index is 421. The fraction of sp³-hybridized carbons (Fsp3) is 0.833. The van der Waals surface area contributed by atoms with Crippen LogP contribution in [0.1, 0.15) is 12.8 Å². The largest absolute Gasteiger partial charge is 0.481 e. The Labute approximate surface area is 119 Å². The van der Waals surface area contributed by atoms with Crippen molar-refractivity contribution in [3.63, 3.8) is 0 Å². The number of aliphatic carboxylic acids is 1. The molecule has 2 atom stereocenters. The van der Waals surface area contributed by atoms with Gasteiger partial charge < -0.3 is 20.1 Å². The molecule has 2 saturated heterocycles. The van der Waals surface area contributed by atoms with Gasteiger partial charge >= 0.3 is 12.1 Å². The predicted molar refractivity (Wildman–Crippen MR) is 64.5 cm³/mol. The smallest absolute Gasteiger partial charge is 0.404 e. The molecular formula is C12H17F3N2O4. The maximum Gasteiger partial charge on any atom is 0.404 e. The molecule has 0 saturated carbocycles. The molecule has 120 valence electrons. The van der Waals surface area contributed by atoms with Crippen LogP contribution in [-0.4, -0.2) is 66.9 Å². The first kappa shape index (κ1) is 16.0. The number of hydrogen-bond acceptors (Lipinski definition) is 4. The van der Waals surface area contributed by atoms with Crippen LogP contribution in [0.15, 0.2) is 0 Å². The van der Waals surface area contributed by atoms with Crippen molar-refractivity contribution in [1.82, 2.24) is 10.2 Å². The summed E-state index contributed by atoms with van der Waals surface area (Å²) in [6, 6.07) is 0. The number of carbonyl (C=O) groups excluding carboxylic acids is 1. The minimum atomic E-state index is -4.63. The van der Waals surface area contributed by atoms with Crippen molar-refractivity contribution in [3.05, 3.63) is 0 Å². The molecule has 2 unspecified atom stereocenters. The quantitative estimate of drug-likeness (QED) is 0.780. The second-order valence-corrected chi connectivity index (χ2v) is 5.35. The summed E-state index contributed by atoms with van der Waals surface area (Å²) < 4.78 is 45.1. The van der Waals surface area contributed by atoms with E-state index in [1.807, 2.05) is 0 Å². The molecule has 6 nitrogen and oxygen atoms in total. The highest BCUT2D eigenvalue weighted by Crippen LogP contribution is 2.44. The number of carboxylic acids is 1. The number of carbonyl (C=O) groups is 2. The molecule has 21 heavy (non-hydrogen) atoms. The maximum atomic E-state index is 13.3. The van der Waals surface area contributed by atoms with Gasteiger partial charge in [0.05, 0.1) is 19.1 Å². The van der Waals surface area contributed by atoms with Gasteiger partial charge in [-0.1, -0.05) is 0 Å². The second-order valence-electron chi connectivity index (χ2n) is 5.35. The van der Waals surface area contributed by atoms with Gasteiger partial charge in [-0.25, -0.2) is 0 Å². The maximum absolute atomic E-state index is 13.3. The van der Waals surface area contributed by atoms with Gasteiger partial charge in [0.25, 0.3) is 0 Å². The number of morpholine rings is 1. The van der Waals surface area contributed by atoms with Crippen molar-refractivity contribution >= 4 is 11.9 Å². The molecule has 9 heteroatoms. The number of nitrogens with zero attached hydrogens (tertiary/aromatic N) is 1. The Morgan fingerprint density at radius 3 is 2.67 bits per heavy atom. The highest BCUT2D eigenvalue weighted by atomic mass is 19.4.